The summed E-state index contributed by atoms with van der Waals surface area (Å²) >= 11 is 0. The molecule has 2 heteroatoms. The lowest BCUT2D eigenvalue weighted by molar-refractivity contribution is 0.207. The van der Waals surface area contributed by atoms with Gasteiger partial charge in [0.05, 0.1) is 12.9 Å². The lowest BCUT2D eigenvalue weighted by atomic mass is 9.89. The standard InChI is InChI=1S/C13H18O2/c1-10(7-11-5-4-6-15-11)13(9-14)8-12(13,2)3/h4-7,14H,8-9H2,1-3H3/b10-7-. The van der Waals surface area contributed by atoms with Crippen molar-refractivity contribution in [2.24, 2.45) is 10.8 Å². The van der Waals surface area contributed by atoms with Crippen LogP contribution in [0.4, 0.5) is 0 Å². The summed E-state index contributed by atoms with van der Waals surface area (Å²) in [4.78, 5) is 0. The molecule has 2 nitrogen and oxygen atoms in total. The molecule has 1 atom stereocenters. The average molecular weight is 206 g/mol. The van der Waals surface area contributed by atoms with Crippen molar-refractivity contribution in [1.29, 1.82) is 0 Å². The van der Waals surface area contributed by atoms with Crippen molar-refractivity contribution in [3.8, 4) is 0 Å². The van der Waals surface area contributed by atoms with Gasteiger partial charge in [-0.1, -0.05) is 19.4 Å². The molecule has 15 heavy (non-hydrogen) atoms. The minimum atomic E-state index is -0.0280. The predicted molar refractivity (Wildman–Crippen MR) is 60.3 cm³/mol. The lowest BCUT2D eigenvalue weighted by Crippen LogP contribution is -2.15. The second-order valence-corrected chi connectivity index (χ2v) is 5.14. The molecule has 1 fully saturated rings. The highest BCUT2D eigenvalue weighted by Crippen LogP contribution is 2.67. The Balaban J connectivity index is 2.25. The molecule has 0 saturated heterocycles. The molecule has 82 valence electrons. The molecule has 1 unspecified atom stereocenters. The van der Waals surface area contributed by atoms with Crippen LogP contribution in [-0.4, -0.2) is 11.7 Å². The average Bonchev–Trinajstić information content (AvgIpc) is 2.58. The quantitative estimate of drug-likeness (QED) is 0.824. The fourth-order valence-corrected chi connectivity index (χ4v) is 2.50. The predicted octanol–water partition coefficient (Wildman–Crippen LogP) is 3.09. The Morgan fingerprint density at radius 1 is 1.60 bits per heavy atom. The van der Waals surface area contributed by atoms with Gasteiger partial charge in [0.2, 0.25) is 0 Å². The van der Waals surface area contributed by atoms with Crippen molar-refractivity contribution in [3.05, 3.63) is 29.7 Å². The van der Waals surface area contributed by atoms with Gasteiger partial charge in [0.15, 0.2) is 0 Å². The van der Waals surface area contributed by atoms with Crippen LogP contribution in [-0.2, 0) is 0 Å². The smallest absolute Gasteiger partial charge is 0.126 e. The first kappa shape index (κ1) is 10.5. The molecule has 0 aliphatic heterocycles. The van der Waals surface area contributed by atoms with Crippen molar-refractivity contribution >= 4 is 6.08 Å². The van der Waals surface area contributed by atoms with Gasteiger partial charge in [-0.15, -0.1) is 0 Å². The first-order valence-electron chi connectivity index (χ1n) is 5.35. The van der Waals surface area contributed by atoms with Crippen molar-refractivity contribution in [3.63, 3.8) is 0 Å². The van der Waals surface area contributed by atoms with Crippen LogP contribution < -0.4 is 0 Å². The second kappa shape index (κ2) is 3.24. The summed E-state index contributed by atoms with van der Waals surface area (Å²) in [7, 11) is 0. The van der Waals surface area contributed by atoms with Crippen molar-refractivity contribution in [2.75, 3.05) is 6.61 Å². The molecule has 1 aromatic rings. The maximum Gasteiger partial charge on any atom is 0.126 e. The first-order valence-corrected chi connectivity index (χ1v) is 5.35. The Labute approximate surface area is 90.6 Å². The highest BCUT2D eigenvalue weighted by molar-refractivity contribution is 5.51. The van der Waals surface area contributed by atoms with Gasteiger partial charge < -0.3 is 9.52 Å². The van der Waals surface area contributed by atoms with Crippen molar-refractivity contribution < 1.29 is 9.52 Å². The third kappa shape index (κ3) is 1.53. The molecule has 1 saturated carbocycles. The van der Waals surface area contributed by atoms with Gasteiger partial charge in [0, 0.05) is 5.41 Å². The van der Waals surface area contributed by atoms with E-state index >= 15 is 0 Å². The topological polar surface area (TPSA) is 33.4 Å². The Morgan fingerprint density at radius 2 is 2.27 bits per heavy atom. The summed E-state index contributed by atoms with van der Waals surface area (Å²) in [5.41, 5.74) is 1.40. The van der Waals surface area contributed by atoms with Crippen LogP contribution >= 0.6 is 0 Å². The van der Waals surface area contributed by atoms with E-state index in [2.05, 4.69) is 20.8 Å². The molecule has 0 amide bonds. The fraction of sp³-hybridized carbons (Fsp3) is 0.538. The minimum Gasteiger partial charge on any atom is -0.465 e. The maximum absolute atomic E-state index is 9.52. The zero-order chi connectivity index (χ0) is 11.1. The molecular weight excluding hydrogens is 188 g/mol. The summed E-state index contributed by atoms with van der Waals surface area (Å²) in [6.07, 6.45) is 4.76. The molecule has 0 radical (unpaired) electrons. The third-order valence-electron chi connectivity index (χ3n) is 3.84. The monoisotopic (exact) mass is 206 g/mol. The van der Waals surface area contributed by atoms with E-state index in [0.717, 1.165) is 12.2 Å². The van der Waals surface area contributed by atoms with Gasteiger partial charge in [0.1, 0.15) is 5.76 Å². The second-order valence-electron chi connectivity index (χ2n) is 5.14. The molecule has 0 aromatic carbocycles. The van der Waals surface area contributed by atoms with Crippen molar-refractivity contribution in [2.45, 2.75) is 27.2 Å². The largest absolute Gasteiger partial charge is 0.465 e. The normalized spacial score (nSPS) is 29.2. The van der Waals surface area contributed by atoms with Crippen LogP contribution in [0.25, 0.3) is 6.08 Å². The number of aliphatic hydroxyl groups excluding tert-OH is 1. The van der Waals surface area contributed by atoms with Crippen LogP contribution in [0.5, 0.6) is 0 Å². The van der Waals surface area contributed by atoms with Crippen LogP contribution in [0.2, 0.25) is 0 Å². The SMILES string of the molecule is C/C(=C/c1ccco1)C1(CO)CC1(C)C. The molecular formula is C13H18O2. The zero-order valence-electron chi connectivity index (χ0n) is 9.58. The molecule has 2 rings (SSSR count). The van der Waals surface area contributed by atoms with Crippen LogP contribution in [0, 0.1) is 10.8 Å². The van der Waals surface area contributed by atoms with E-state index in [9.17, 15) is 5.11 Å². The summed E-state index contributed by atoms with van der Waals surface area (Å²) in [6, 6.07) is 3.81. The first-order chi connectivity index (χ1) is 7.02. The van der Waals surface area contributed by atoms with Gasteiger partial charge >= 0.3 is 0 Å². The van der Waals surface area contributed by atoms with Gasteiger partial charge in [-0.3, -0.25) is 0 Å². The summed E-state index contributed by atoms with van der Waals surface area (Å²) in [5, 5.41) is 9.52. The number of rotatable bonds is 3. The highest BCUT2D eigenvalue weighted by atomic mass is 16.3. The van der Waals surface area contributed by atoms with Crippen LogP contribution in [0.1, 0.15) is 33.0 Å². The highest BCUT2D eigenvalue weighted by Gasteiger charge is 2.61. The van der Waals surface area contributed by atoms with Gasteiger partial charge in [-0.25, -0.2) is 0 Å². The zero-order valence-corrected chi connectivity index (χ0v) is 9.58. The van der Waals surface area contributed by atoms with Crippen molar-refractivity contribution in [1.82, 2.24) is 0 Å². The number of furan rings is 1. The fourth-order valence-electron chi connectivity index (χ4n) is 2.50. The molecule has 1 aromatic heterocycles. The Morgan fingerprint density at radius 3 is 2.67 bits per heavy atom. The third-order valence-corrected chi connectivity index (χ3v) is 3.84. The molecule has 1 N–H and O–H groups in total. The van der Waals surface area contributed by atoms with E-state index in [1.807, 2.05) is 18.2 Å². The van der Waals surface area contributed by atoms with E-state index in [1.165, 1.54) is 5.57 Å². The van der Waals surface area contributed by atoms with Gasteiger partial charge in [0.25, 0.3) is 0 Å². The molecule has 1 aliphatic carbocycles. The van der Waals surface area contributed by atoms with E-state index in [1.54, 1.807) is 6.26 Å². The van der Waals surface area contributed by atoms with Crippen LogP contribution in [0.3, 0.4) is 0 Å². The van der Waals surface area contributed by atoms with Gasteiger partial charge in [-0.05, 0) is 37.0 Å². The number of hydrogen-bond acceptors (Lipinski definition) is 2. The summed E-state index contributed by atoms with van der Waals surface area (Å²) in [6.45, 7) is 6.70. The van der Waals surface area contributed by atoms with E-state index < -0.39 is 0 Å². The lowest BCUT2D eigenvalue weighted by Gasteiger charge is -2.18. The Kier molecular flexibility index (Phi) is 2.27. The molecule has 1 aliphatic rings. The minimum absolute atomic E-state index is 0.0280. The van der Waals surface area contributed by atoms with E-state index in [4.69, 9.17) is 4.42 Å². The van der Waals surface area contributed by atoms with E-state index in [-0.39, 0.29) is 17.4 Å². The summed E-state index contributed by atoms with van der Waals surface area (Å²) < 4.78 is 5.28. The Hall–Kier alpha value is -1.02. The van der Waals surface area contributed by atoms with E-state index in [0.29, 0.717) is 0 Å². The number of aliphatic hydroxyl groups is 1. The molecule has 0 spiro atoms. The summed E-state index contributed by atoms with van der Waals surface area (Å²) in [5.74, 6) is 0.864. The molecule has 1 heterocycles. The Bertz CT molecular complexity index is 373. The maximum atomic E-state index is 9.52. The van der Waals surface area contributed by atoms with Gasteiger partial charge in [-0.2, -0.15) is 0 Å². The number of hydrogen-bond donors (Lipinski definition) is 1. The molecule has 0 bridgehead atoms. The van der Waals surface area contributed by atoms with Crippen LogP contribution in [0.15, 0.2) is 28.4 Å².